The van der Waals surface area contributed by atoms with Crippen LogP contribution in [0.3, 0.4) is 0 Å². The Morgan fingerprint density at radius 3 is 2.67 bits per heavy atom. The zero-order chi connectivity index (χ0) is 25.6. The molecule has 0 aliphatic heterocycles. The van der Waals surface area contributed by atoms with Crippen molar-refractivity contribution in [3.05, 3.63) is 53.1 Å². The van der Waals surface area contributed by atoms with Crippen molar-refractivity contribution in [3.8, 4) is 5.69 Å². The molecule has 0 spiro atoms. The maximum Gasteiger partial charge on any atom is 0.190 e. The van der Waals surface area contributed by atoms with Crippen molar-refractivity contribution in [2.75, 3.05) is 6.61 Å². The van der Waals surface area contributed by atoms with Crippen LogP contribution in [0.1, 0.15) is 57.7 Å². The van der Waals surface area contributed by atoms with Crippen LogP contribution >= 0.6 is 0 Å². The summed E-state index contributed by atoms with van der Waals surface area (Å²) in [5.74, 6) is -0.785. The van der Waals surface area contributed by atoms with Crippen LogP contribution in [0.4, 0.5) is 4.39 Å². The molecule has 7 unspecified atom stereocenters. The maximum atomic E-state index is 13.5. The summed E-state index contributed by atoms with van der Waals surface area (Å²) in [6, 6.07) is 6.34. The highest BCUT2D eigenvalue weighted by Gasteiger charge is 2.70. The van der Waals surface area contributed by atoms with E-state index in [0.29, 0.717) is 6.42 Å². The van der Waals surface area contributed by atoms with Crippen LogP contribution in [0.15, 0.2) is 36.0 Å². The molecule has 3 fully saturated rings. The third-order valence-electron chi connectivity index (χ3n) is 10.6. The van der Waals surface area contributed by atoms with E-state index in [1.807, 2.05) is 24.7 Å². The van der Waals surface area contributed by atoms with Gasteiger partial charge >= 0.3 is 0 Å². The van der Waals surface area contributed by atoms with Crippen molar-refractivity contribution in [1.82, 2.24) is 9.78 Å². The number of carbonyl (C=O) groups is 1. The molecule has 192 valence electrons. The van der Waals surface area contributed by atoms with Gasteiger partial charge in [0.2, 0.25) is 0 Å². The first-order valence-electron chi connectivity index (χ1n) is 13.1. The average Bonchev–Trinajstić information content (AvgIpc) is 3.33. The van der Waals surface area contributed by atoms with E-state index in [0.717, 1.165) is 42.6 Å². The molecule has 3 saturated carbocycles. The molecule has 7 heteroatoms. The quantitative estimate of drug-likeness (QED) is 0.605. The molecule has 0 saturated heterocycles. The van der Waals surface area contributed by atoms with Crippen LogP contribution in [0, 0.1) is 40.3 Å². The number of hydrogen-bond acceptors (Lipinski definition) is 5. The highest BCUT2D eigenvalue weighted by atomic mass is 19.1. The lowest BCUT2D eigenvalue weighted by molar-refractivity contribution is -0.186. The Kier molecular flexibility index (Phi) is 5.22. The van der Waals surface area contributed by atoms with Gasteiger partial charge in [-0.05, 0) is 97.1 Å². The predicted molar refractivity (Wildman–Crippen MR) is 133 cm³/mol. The van der Waals surface area contributed by atoms with E-state index in [1.165, 1.54) is 17.7 Å². The number of aliphatic hydroxyl groups is 3. The zero-order valence-corrected chi connectivity index (χ0v) is 21.1. The van der Waals surface area contributed by atoms with Gasteiger partial charge < -0.3 is 15.3 Å². The normalized spacial score (nSPS) is 41.1. The SMILES string of the molecule is C[C@@H]1CC2C3CCC4=Cc5c(cnn5-c5ccc(F)cc5)CC4(C)C3C(O)CC2(C)C1(O)C(=O)CO. The first-order chi connectivity index (χ1) is 17.0. The Morgan fingerprint density at radius 1 is 1.25 bits per heavy atom. The van der Waals surface area contributed by atoms with Crippen molar-refractivity contribution < 1.29 is 24.5 Å². The topological polar surface area (TPSA) is 95.6 Å². The molecule has 36 heavy (non-hydrogen) atoms. The fraction of sp³-hybridized carbons (Fsp3) is 0.586. The number of Topliss-reactive ketones (excluding diaryl/α,β-unsaturated/α-hetero) is 1. The molecule has 8 atom stereocenters. The Morgan fingerprint density at radius 2 is 1.97 bits per heavy atom. The molecule has 4 aliphatic rings. The standard InChI is InChI=1S/C29H35FN2O4/c1-16-10-22-21-9-4-18-11-23-17(14-31-32(23)20-7-5-19(30)6-8-20)12-27(18,2)26(21)24(34)13-28(22,3)29(16,36)25(35)15-33/h5-8,11,14,16,21-22,24,26,33-34,36H,4,9-10,12-13,15H2,1-3H3/t16-,21?,22?,24?,26?,27?,28?,29?/m1/s1. The van der Waals surface area contributed by atoms with Crippen molar-refractivity contribution in [1.29, 1.82) is 0 Å². The van der Waals surface area contributed by atoms with Crippen molar-refractivity contribution in [2.45, 2.75) is 64.6 Å². The molecule has 0 bridgehead atoms. The molecule has 2 aromatic rings. The van der Waals surface area contributed by atoms with Gasteiger partial charge in [0.25, 0.3) is 0 Å². The first kappa shape index (κ1) is 24.0. The van der Waals surface area contributed by atoms with Gasteiger partial charge in [-0.1, -0.05) is 26.3 Å². The number of nitrogens with zero attached hydrogens (tertiary/aromatic N) is 2. The van der Waals surface area contributed by atoms with E-state index in [4.69, 9.17) is 0 Å². The maximum absolute atomic E-state index is 13.5. The van der Waals surface area contributed by atoms with E-state index in [2.05, 4.69) is 18.1 Å². The number of allylic oxidation sites excluding steroid dienone is 1. The number of hydrogen-bond donors (Lipinski definition) is 3. The average molecular weight is 495 g/mol. The molecule has 4 aliphatic carbocycles. The van der Waals surface area contributed by atoms with Crippen LogP contribution < -0.4 is 0 Å². The number of ketones is 1. The van der Waals surface area contributed by atoms with Crippen LogP contribution in [-0.2, 0) is 11.2 Å². The number of aromatic nitrogens is 2. The summed E-state index contributed by atoms with van der Waals surface area (Å²) < 4.78 is 15.3. The Labute approximate surface area is 210 Å². The summed E-state index contributed by atoms with van der Waals surface area (Å²) in [6.45, 7) is 5.43. The van der Waals surface area contributed by atoms with E-state index < -0.39 is 29.5 Å². The van der Waals surface area contributed by atoms with E-state index in [9.17, 15) is 24.5 Å². The van der Waals surface area contributed by atoms with Gasteiger partial charge in [-0.15, -0.1) is 0 Å². The second-order valence-electron chi connectivity index (χ2n) is 12.2. The number of carbonyl (C=O) groups excluding carboxylic acids is 1. The van der Waals surface area contributed by atoms with Crippen LogP contribution in [-0.4, -0.2) is 49.2 Å². The Hall–Kier alpha value is -2.35. The van der Waals surface area contributed by atoms with Gasteiger partial charge in [0.15, 0.2) is 5.78 Å². The van der Waals surface area contributed by atoms with E-state index in [1.54, 1.807) is 12.1 Å². The minimum Gasteiger partial charge on any atom is -0.393 e. The Bertz CT molecular complexity index is 1250. The molecule has 0 radical (unpaired) electrons. The predicted octanol–water partition coefficient (Wildman–Crippen LogP) is 3.70. The van der Waals surface area contributed by atoms with Gasteiger partial charge in [-0.2, -0.15) is 5.10 Å². The zero-order valence-electron chi connectivity index (χ0n) is 21.1. The van der Waals surface area contributed by atoms with Crippen LogP contribution in [0.5, 0.6) is 0 Å². The van der Waals surface area contributed by atoms with Crippen molar-refractivity contribution >= 4 is 11.9 Å². The van der Waals surface area contributed by atoms with Gasteiger partial charge in [0.05, 0.1) is 23.7 Å². The largest absolute Gasteiger partial charge is 0.393 e. The lowest BCUT2D eigenvalue weighted by Crippen LogP contribution is -2.63. The van der Waals surface area contributed by atoms with Crippen molar-refractivity contribution in [3.63, 3.8) is 0 Å². The van der Waals surface area contributed by atoms with E-state index >= 15 is 0 Å². The minimum absolute atomic E-state index is 0.0108. The number of fused-ring (bicyclic) bond motifs is 6. The van der Waals surface area contributed by atoms with Crippen molar-refractivity contribution in [2.24, 2.45) is 34.5 Å². The summed E-state index contributed by atoms with van der Waals surface area (Å²) in [5.41, 5.74) is 1.60. The van der Waals surface area contributed by atoms with Gasteiger partial charge in [-0.25, -0.2) is 9.07 Å². The summed E-state index contributed by atoms with van der Waals surface area (Å²) >= 11 is 0. The molecule has 6 nitrogen and oxygen atoms in total. The van der Waals surface area contributed by atoms with Gasteiger partial charge in [-0.3, -0.25) is 4.79 Å². The van der Waals surface area contributed by atoms with E-state index in [-0.39, 0.29) is 34.9 Å². The molecule has 0 amide bonds. The summed E-state index contributed by atoms with van der Waals surface area (Å²) in [5, 5.41) is 37.6. The van der Waals surface area contributed by atoms with Crippen LogP contribution in [0.25, 0.3) is 11.8 Å². The fourth-order valence-corrected chi connectivity index (χ4v) is 9.02. The minimum atomic E-state index is -1.62. The third-order valence-corrected chi connectivity index (χ3v) is 10.6. The number of benzene rings is 1. The van der Waals surface area contributed by atoms with Crippen LogP contribution in [0.2, 0.25) is 0 Å². The molecule has 6 rings (SSSR count). The number of rotatable bonds is 3. The van der Waals surface area contributed by atoms with Gasteiger partial charge in [0, 0.05) is 5.41 Å². The molecule has 1 aromatic carbocycles. The lowest BCUT2D eigenvalue weighted by Gasteiger charge is -2.60. The smallest absolute Gasteiger partial charge is 0.190 e. The molecule has 3 N–H and O–H groups in total. The monoisotopic (exact) mass is 494 g/mol. The number of aliphatic hydroxyl groups excluding tert-OH is 2. The molecular weight excluding hydrogens is 459 g/mol. The second-order valence-corrected chi connectivity index (χ2v) is 12.2. The summed E-state index contributed by atoms with van der Waals surface area (Å²) in [4.78, 5) is 12.8. The fourth-order valence-electron chi connectivity index (χ4n) is 9.02. The highest BCUT2D eigenvalue weighted by molar-refractivity contribution is 5.90. The lowest BCUT2D eigenvalue weighted by atomic mass is 9.45. The third kappa shape index (κ3) is 2.93. The first-order valence-corrected chi connectivity index (χ1v) is 13.1. The highest BCUT2D eigenvalue weighted by Crippen LogP contribution is 2.68. The second kappa shape index (κ2) is 7.83. The van der Waals surface area contributed by atoms with Gasteiger partial charge in [0.1, 0.15) is 18.0 Å². The Balaban J connectivity index is 1.38. The number of halogens is 1. The molecule has 1 heterocycles. The summed E-state index contributed by atoms with van der Waals surface area (Å²) in [6.07, 6.45) is 7.02. The molecule has 1 aromatic heterocycles. The summed E-state index contributed by atoms with van der Waals surface area (Å²) in [7, 11) is 0. The molecular formula is C29H35FN2O4.